The van der Waals surface area contributed by atoms with Gasteiger partial charge in [-0.1, -0.05) is 23.4 Å². The minimum atomic E-state index is -0.944. The van der Waals surface area contributed by atoms with Crippen molar-refractivity contribution in [1.29, 1.82) is 0 Å². The molecule has 0 spiro atoms. The predicted molar refractivity (Wildman–Crippen MR) is 80.9 cm³/mol. The number of aromatic nitrogens is 2. The molecule has 1 unspecified atom stereocenters. The first-order valence-electron chi connectivity index (χ1n) is 7.27. The van der Waals surface area contributed by atoms with Gasteiger partial charge in [-0.2, -0.15) is 0 Å². The van der Waals surface area contributed by atoms with E-state index in [0.29, 0.717) is 19.3 Å². The van der Waals surface area contributed by atoms with Crippen LogP contribution >= 0.6 is 0 Å². The number of hydrogen-bond acceptors (Lipinski definition) is 5. The van der Waals surface area contributed by atoms with Crippen LogP contribution in [0.4, 0.5) is 10.1 Å². The molecular weight excluding hydrogens is 305 g/mol. The van der Waals surface area contributed by atoms with Crippen LogP contribution in [0.5, 0.6) is 0 Å². The molecule has 8 heteroatoms. The lowest BCUT2D eigenvalue weighted by molar-refractivity contribution is -0.138. The van der Waals surface area contributed by atoms with Crippen LogP contribution < -0.4 is 11.1 Å². The summed E-state index contributed by atoms with van der Waals surface area (Å²) < 4.78 is 18.1. The summed E-state index contributed by atoms with van der Waals surface area (Å²) in [6.07, 6.45) is 1.46. The third-order valence-corrected chi connectivity index (χ3v) is 3.42. The minimum Gasteiger partial charge on any atom is -0.480 e. The number of unbranched alkanes of at least 4 members (excludes halogenated alkanes) is 1. The van der Waals surface area contributed by atoms with Gasteiger partial charge in [-0.05, 0) is 31.4 Å². The Kier molecular flexibility index (Phi) is 5.90. The minimum absolute atomic E-state index is 0.0489. The molecule has 0 bridgehead atoms. The van der Waals surface area contributed by atoms with Crippen molar-refractivity contribution in [2.75, 3.05) is 5.32 Å². The Balaban J connectivity index is 1.84. The summed E-state index contributed by atoms with van der Waals surface area (Å²) in [4.78, 5) is 22.6. The molecule has 1 aromatic carbocycles. The van der Waals surface area contributed by atoms with E-state index in [0.717, 1.165) is 10.3 Å². The van der Waals surface area contributed by atoms with Gasteiger partial charge in [-0.15, -0.1) is 0 Å². The fourth-order valence-corrected chi connectivity index (χ4v) is 2.22. The normalized spacial score (nSPS) is 12.0. The van der Waals surface area contributed by atoms with Gasteiger partial charge in [0.25, 0.3) is 0 Å². The van der Waals surface area contributed by atoms with Crippen molar-refractivity contribution in [3.05, 3.63) is 46.7 Å². The van der Waals surface area contributed by atoms with Crippen LogP contribution in [0.1, 0.15) is 25.1 Å². The van der Waals surface area contributed by atoms with Crippen molar-refractivity contribution in [3.63, 3.8) is 0 Å². The van der Waals surface area contributed by atoms with E-state index in [-0.39, 0.29) is 12.4 Å². The van der Waals surface area contributed by atoms with Gasteiger partial charge < -0.3 is 10.4 Å². The Morgan fingerprint density at radius 1 is 1.35 bits per heavy atom. The highest BCUT2D eigenvalue weighted by molar-refractivity contribution is 5.77. The number of anilines is 1. The quantitative estimate of drug-likeness (QED) is 0.685. The summed E-state index contributed by atoms with van der Waals surface area (Å²) >= 11 is 0. The second-order valence-corrected chi connectivity index (χ2v) is 5.05. The Hall–Kier alpha value is -2.64. The predicted octanol–water partition coefficient (Wildman–Crippen LogP) is 2.04. The van der Waals surface area contributed by atoms with Gasteiger partial charge in [-0.3, -0.25) is 9.09 Å². The van der Waals surface area contributed by atoms with Crippen LogP contribution in [0, 0.1) is 0 Å². The third-order valence-electron chi connectivity index (χ3n) is 3.42. The maximum atomic E-state index is 12.6. The number of nitrogens with zero attached hydrogens (tertiary/aromatic N) is 2. The maximum Gasteiger partial charge on any atom is 0.441 e. The number of benzene rings is 1. The van der Waals surface area contributed by atoms with E-state index in [1.807, 2.05) is 18.2 Å². The van der Waals surface area contributed by atoms with E-state index in [1.54, 1.807) is 12.1 Å². The number of carbonyl (C=O) groups is 1. The van der Waals surface area contributed by atoms with Crippen LogP contribution in [0.25, 0.3) is 0 Å². The first kappa shape index (κ1) is 16.7. The molecule has 1 atom stereocenters. The van der Waals surface area contributed by atoms with Gasteiger partial charge in [0.1, 0.15) is 6.04 Å². The molecule has 1 aromatic heterocycles. The zero-order valence-electron chi connectivity index (χ0n) is 12.4. The lowest BCUT2D eigenvalue weighted by atomic mass is 10.1. The smallest absolute Gasteiger partial charge is 0.441 e. The summed E-state index contributed by atoms with van der Waals surface area (Å²) in [6, 6.07) is 8.34. The van der Waals surface area contributed by atoms with E-state index in [9.17, 15) is 19.1 Å². The zero-order chi connectivity index (χ0) is 16.7. The number of carboxylic acid groups (broad SMARTS) is 1. The van der Waals surface area contributed by atoms with Gasteiger partial charge in [0.15, 0.2) is 12.5 Å². The number of para-hydroxylation sites is 1. The Bertz CT molecular complexity index is 684. The molecule has 23 heavy (non-hydrogen) atoms. The number of carboxylic acids is 1. The van der Waals surface area contributed by atoms with E-state index >= 15 is 0 Å². The molecule has 2 rings (SSSR count). The van der Waals surface area contributed by atoms with Gasteiger partial charge in [0.2, 0.25) is 0 Å². The highest BCUT2D eigenvalue weighted by Crippen LogP contribution is 2.12. The topological polar surface area (TPSA) is 97.4 Å². The van der Waals surface area contributed by atoms with Crippen molar-refractivity contribution in [3.8, 4) is 0 Å². The molecule has 0 aliphatic rings. The van der Waals surface area contributed by atoms with Crippen molar-refractivity contribution in [1.82, 2.24) is 9.72 Å². The largest absolute Gasteiger partial charge is 0.480 e. The van der Waals surface area contributed by atoms with Crippen LogP contribution in [0.2, 0.25) is 0 Å². The second-order valence-electron chi connectivity index (χ2n) is 5.05. The summed E-state index contributed by atoms with van der Waals surface area (Å²) in [7, 11) is 0. The standard InChI is InChI=1S/C15H18FN3O4/c16-10-13-18-23-15(22)19(13)9-5-4-8-12(14(20)21)17-11-6-2-1-3-7-11/h1-3,6-7,12,17H,4-5,8-10H2,(H,20,21). The lowest BCUT2D eigenvalue weighted by Crippen LogP contribution is -2.29. The fraction of sp³-hybridized carbons (Fsp3) is 0.400. The molecule has 0 aliphatic heterocycles. The molecule has 0 fully saturated rings. The van der Waals surface area contributed by atoms with Crippen molar-refractivity contribution in [2.24, 2.45) is 0 Å². The van der Waals surface area contributed by atoms with Crippen molar-refractivity contribution >= 4 is 11.7 Å². The average Bonchev–Trinajstić information content (AvgIpc) is 2.91. The molecule has 0 saturated heterocycles. The van der Waals surface area contributed by atoms with Crippen molar-refractivity contribution in [2.45, 2.75) is 38.5 Å². The summed E-state index contributed by atoms with van der Waals surface area (Å²) in [5, 5.41) is 15.5. The Labute approximate surface area is 131 Å². The highest BCUT2D eigenvalue weighted by Gasteiger charge is 2.17. The summed E-state index contributed by atoms with van der Waals surface area (Å²) in [6.45, 7) is -0.627. The first-order chi connectivity index (χ1) is 11.1. The van der Waals surface area contributed by atoms with Gasteiger partial charge in [0.05, 0.1) is 0 Å². The number of nitrogens with one attached hydrogen (secondary N) is 1. The molecule has 124 valence electrons. The Morgan fingerprint density at radius 2 is 2.09 bits per heavy atom. The first-order valence-corrected chi connectivity index (χ1v) is 7.27. The van der Waals surface area contributed by atoms with Crippen LogP contribution in [0.3, 0.4) is 0 Å². The molecule has 2 N–H and O–H groups in total. The van der Waals surface area contributed by atoms with Gasteiger partial charge in [0, 0.05) is 12.2 Å². The fourth-order valence-electron chi connectivity index (χ4n) is 2.22. The zero-order valence-corrected chi connectivity index (χ0v) is 12.4. The molecule has 0 aliphatic carbocycles. The molecule has 1 heterocycles. The molecule has 7 nitrogen and oxygen atoms in total. The summed E-state index contributed by atoms with van der Waals surface area (Å²) in [5.41, 5.74) is 0.731. The number of aliphatic carboxylic acids is 1. The lowest BCUT2D eigenvalue weighted by Gasteiger charge is -2.15. The van der Waals surface area contributed by atoms with Crippen LogP contribution in [-0.2, 0) is 18.0 Å². The molecule has 0 radical (unpaired) electrons. The number of rotatable bonds is 9. The van der Waals surface area contributed by atoms with E-state index in [4.69, 9.17) is 0 Å². The van der Waals surface area contributed by atoms with E-state index in [2.05, 4.69) is 15.0 Å². The molecule has 0 saturated carbocycles. The average molecular weight is 323 g/mol. The highest BCUT2D eigenvalue weighted by atomic mass is 19.1. The number of hydrogen-bond donors (Lipinski definition) is 2. The van der Waals surface area contributed by atoms with E-state index < -0.39 is 24.4 Å². The van der Waals surface area contributed by atoms with Gasteiger partial charge in [-0.25, -0.2) is 14.0 Å². The molecular formula is C15H18FN3O4. The number of halogens is 1. The monoisotopic (exact) mass is 323 g/mol. The van der Waals surface area contributed by atoms with Crippen LogP contribution in [0.15, 0.2) is 39.6 Å². The molecule has 2 aromatic rings. The molecule has 0 amide bonds. The van der Waals surface area contributed by atoms with Crippen molar-refractivity contribution < 1.29 is 18.8 Å². The van der Waals surface area contributed by atoms with Gasteiger partial charge >= 0.3 is 11.7 Å². The Morgan fingerprint density at radius 3 is 2.74 bits per heavy atom. The summed E-state index contributed by atoms with van der Waals surface area (Å²) in [5.74, 6) is -1.69. The number of alkyl halides is 1. The second kappa shape index (κ2) is 8.11. The third kappa shape index (κ3) is 4.67. The van der Waals surface area contributed by atoms with E-state index in [1.165, 1.54) is 0 Å². The maximum absolute atomic E-state index is 12.6. The van der Waals surface area contributed by atoms with Crippen LogP contribution in [-0.4, -0.2) is 26.8 Å². The SMILES string of the molecule is O=C(O)C(CCCCn1c(CF)noc1=O)Nc1ccccc1.